The molecular weight excluding hydrogens is 492 g/mol. The number of hydrogen-bond donors (Lipinski definition) is 0. The van der Waals surface area contributed by atoms with Crippen LogP contribution in [0.25, 0.3) is 11.7 Å². The number of thiocarbonyl (C=S) groups is 1. The molecule has 0 N–H and O–H groups in total. The average Bonchev–Trinajstić information content (AvgIpc) is 3.12. The molecular formula is C27H28N4O3S2. The number of benzene rings is 1. The topological polar surface area (TPSA) is 67.2 Å². The van der Waals surface area contributed by atoms with Gasteiger partial charge in [-0.2, -0.15) is 0 Å². The van der Waals surface area contributed by atoms with Gasteiger partial charge in [0.1, 0.15) is 21.5 Å². The Kier molecular flexibility index (Phi) is 6.85. The molecule has 0 spiro atoms. The second kappa shape index (κ2) is 10.1. The van der Waals surface area contributed by atoms with Gasteiger partial charge in [-0.1, -0.05) is 56.0 Å². The maximum absolute atomic E-state index is 13.6. The third-order valence-electron chi connectivity index (χ3n) is 6.57. The van der Waals surface area contributed by atoms with E-state index in [2.05, 4.69) is 18.7 Å². The monoisotopic (exact) mass is 520 g/mol. The van der Waals surface area contributed by atoms with Crippen LogP contribution in [-0.4, -0.2) is 44.7 Å². The molecule has 3 aromatic rings. The van der Waals surface area contributed by atoms with Crippen molar-refractivity contribution in [3.8, 4) is 5.75 Å². The van der Waals surface area contributed by atoms with Gasteiger partial charge in [-0.25, -0.2) is 4.98 Å². The summed E-state index contributed by atoms with van der Waals surface area (Å²) < 4.78 is 7.22. The molecule has 2 saturated heterocycles. The number of aromatic nitrogens is 2. The zero-order chi connectivity index (χ0) is 25.4. The Morgan fingerprint density at radius 1 is 1.11 bits per heavy atom. The summed E-state index contributed by atoms with van der Waals surface area (Å²) in [6, 6.07) is 13.1. The van der Waals surface area contributed by atoms with Crippen molar-refractivity contribution in [3.63, 3.8) is 0 Å². The van der Waals surface area contributed by atoms with Gasteiger partial charge in [0.2, 0.25) is 0 Å². The zero-order valence-electron chi connectivity index (χ0n) is 20.5. The van der Waals surface area contributed by atoms with Crippen molar-refractivity contribution in [3.05, 3.63) is 75.0 Å². The summed E-state index contributed by atoms with van der Waals surface area (Å²) in [7, 11) is 1.62. The highest BCUT2D eigenvalue weighted by molar-refractivity contribution is 8.26. The Bertz CT molecular complexity index is 1410. The van der Waals surface area contributed by atoms with E-state index < -0.39 is 0 Å². The lowest BCUT2D eigenvalue weighted by atomic mass is 9.91. The fraction of sp³-hybridized carbons (Fsp3) is 0.333. The number of methoxy groups -OCH3 is 1. The van der Waals surface area contributed by atoms with E-state index in [9.17, 15) is 9.59 Å². The highest BCUT2D eigenvalue weighted by Crippen LogP contribution is 2.35. The molecule has 0 radical (unpaired) electrons. The number of ether oxygens (including phenoxy) is 1. The Morgan fingerprint density at radius 2 is 1.83 bits per heavy atom. The molecule has 0 aliphatic carbocycles. The van der Waals surface area contributed by atoms with Gasteiger partial charge in [0, 0.05) is 19.3 Å². The number of carbonyl (C=O) groups is 1. The van der Waals surface area contributed by atoms with Crippen LogP contribution >= 0.6 is 24.0 Å². The molecule has 0 saturated carbocycles. The molecule has 1 aromatic carbocycles. The second-order valence-corrected chi connectivity index (χ2v) is 11.2. The lowest BCUT2D eigenvalue weighted by Gasteiger charge is -2.36. The molecule has 36 heavy (non-hydrogen) atoms. The van der Waals surface area contributed by atoms with E-state index in [-0.39, 0.29) is 11.5 Å². The van der Waals surface area contributed by atoms with E-state index in [1.54, 1.807) is 30.3 Å². The molecule has 186 valence electrons. The lowest BCUT2D eigenvalue weighted by molar-refractivity contribution is -0.122. The van der Waals surface area contributed by atoms with Gasteiger partial charge in [-0.3, -0.25) is 18.9 Å². The van der Waals surface area contributed by atoms with Crippen LogP contribution in [0.5, 0.6) is 5.75 Å². The standard InChI is InChI=1S/C27H28N4O3S2/c1-17-12-18(2)15-29(14-17)24-21(25(32)30-11-5-4-6-23(30)28-24)13-22-26(33)31(27(35)36-22)16-19-7-9-20(34-3)10-8-19/h4-11,13,17-18H,12,14-16H2,1-3H3/b22-13+. The first kappa shape index (κ1) is 24.5. The number of fused-ring (bicyclic) bond motifs is 1. The SMILES string of the molecule is COc1ccc(CN2C(=O)/C(=C\c3c(N4CC(C)CC(C)C4)nc4ccccn4c3=O)SC2=S)cc1. The molecule has 1 amide bonds. The molecule has 2 aliphatic rings. The highest BCUT2D eigenvalue weighted by Gasteiger charge is 2.33. The summed E-state index contributed by atoms with van der Waals surface area (Å²) in [5, 5.41) is 0. The van der Waals surface area contributed by atoms with Crippen molar-refractivity contribution in [1.82, 2.24) is 14.3 Å². The number of anilines is 1. The number of thioether (sulfide) groups is 1. The molecule has 2 atom stereocenters. The molecule has 2 unspecified atom stereocenters. The summed E-state index contributed by atoms with van der Waals surface area (Å²) in [6.45, 7) is 6.44. The molecule has 7 nitrogen and oxygen atoms in total. The Morgan fingerprint density at radius 3 is 2.53 bits per heavy atom. The van der Waals surface area contributed by atoms with E-state index in [1.807, 2.05) is 36.4 Å². The fourth-order valence-electron chi connectivity index (χ4n) is 4.98. The minimum Gasteiger partial charge on any atom is -0.497 e. The first-order valence-electron chi connectivity index (χ1n) is 12.0. The average molecular weight is 521 g/mol. The summed E-state index contributed by atoms with van der Waals surface area (Å²) >= 11 is 6.77. The van der Waals surface area contributed by atoms with Crippen LogP contribution in [-0.2, 0) is 11.3 Å². The third-order valence-corrected chi connectivity index (χ3v) is 7.94. The molecule has 9 heteroatoms. The minimum atomic E-state index is -0.204. The summed E-state index contributed by atoms with van der Waals surface area (Å²) in [6.07, 6.45) is 4.53. The predicted molar refractivity (Wildman–Crippen MR) is 148 cm³/mol. The Hall–Kier alpha value is -3.17. The van der Waals surface area contributed by atoms with Gasteiger partial charge in [-0.05, 0) is 54.2 Å². The first-order chi connectivity index (χ1) is 17.3. The molecule has 5 rings (SSSR count). The number of nitrogens with zero attached hydrogens (tertiary/aromatic N) is 4. The van der Waals surface area contributed by atoms with Crippen LogP contribution < -0.4 is 15.2 Å². The summed E-state index contributed by atoms with van der Waals surface area (Å²) in [5.41, 5.74) is 1.76. The molecule has 2 fully saturated rings. The fourth-order valence-corrected chi connectivity index (χ4v) is 6.21. The van der Waals surface area contributed by atoms with Crippen LogP contribution in [0.2, 0.25) is 0 Å². The van der Waals surface area contributed by atoms with Crippen molar-refractivity contribution < 1.29 is 9.53 Å². The van der Waals surface area contributed by atoms with Crippen LogP contribution in [0.15, 0.2) is 58.4 Å². The number of piperidine rings is 1. The molecule has 2 aromatic heterocycles. The van der Waals surface area contributed by atoms with E-state index in [1.165, 1.54) is 16.2 Å². The van der Waals surface area contributed by atoms with E-state index in [4.69, 9.17) is 21.9 Å². The second-order valence-electron chi connectivity index (χ2n) is 9.55. The largest absolute Gasteiger partial charge is 0.497 e. The number of rotatable bonds is 5. The minimum absolute atomic E-state index is 0.193. The smallest absolute Gasteiger partial charge is 0.267 e. The van der Waals surface area contributed by atoms with E-state index in [0.717, 1.165) is 30.8 Å². The Balaban J connectivity index is 1.53. The molecule has 0 bridgehead atoms. The summed E-state index contributed by atoms with van der Waals surface area (Å²) in [5.74, 6) is 2.15. The van der Waals surface area contributed by atoms with Gasteiger partial charge >= 0.3 is 0 Å². The van der Waals surface area contributed by atoms with Crippen LogP contribution in [0, 0.1) is 11.8 Å². The van der Waals surface area contributed by atoms with Crippen molar-refractivity contribution in [2.45, 2.75) is 26.8 Å². The summed E-state index contributed by atoms with van der Waals surface area (Å²) in [4.78, 5) is 36.1. The normalized spacial score (nSPS) is 21.6. The molecule has 4 heterocycles. The van der Waals surface area contributed by atoms with Gasteiger partial charge < -0.3 is 9.64 Å². The quantitative estimate of drug-likeness (QED) is 0.360. The number of amides is 1. The number of carbonyl (C=O) groups excluding carboxylic acids is 1. The third kappa shape index (κ3) is 4.77. The highest BCUT2D eigenvalue weighted by atomic mass is 32.2. The van der Waals surface area contributed by atoms with E-state index >= 15 is 0 Å². The van der Waals surface area contributed by atoms with Gasteiger partial charge in [0.25, 0.3) is 11.5 Å². The number of hydrogen-bond acceptors (Lipinski definition) is 7. The van der Waals surface area contributed by atoms with Crippen LogP contribution in [0.3, 0.4) is 0 Å². The van der Waals surface area contributed by atoms with Crippen LogP contribution in [0.1, 0.15) is 31.4 Å². The lowest BCUT2D eigenvalue weighted by Crippen LogP contribution is -2.40. The van der Waals surface area contributed by atoms with Crippen molar-refractivity contribution in [2.24, 2.45) is 11.8 Å². The van der Waals surface area contributed by atoms with Crippen molar-refractivity contribution in [2.75, 3.05) is 25.1 Å². The maximum Gasteiger partial charge on any atom is 0.267 e. The first-order valence-corrected chi connectivity index (χ1v) is 13.2. The zero-order valence-corrected chi connectivity index (χ0v) is 22.1. The van der Waals surface area contributed by atoms with Gasteiger partial charge in [0.05, 0.1) is 24.1 Å². The van der Waals surface area contributed by atoms with Gasteiger partial charge in [-0.15, -0.1) is 0 Å². The molecule has 2 aliphatic heterocycles. The van der Waals surface area contributed by atoms with Crippen molar-refractivity contribution in [1.29, 1.82) is 0 Å². The Labute approximate surface area is 219 Å². The van der Waals surface area contributed by atoms with E-state index in [0.29, 0.717) is 44.6 Å². The van der Waals surface area contributed by atoms with Crippen molar-refractivity contribution >= 4 is 51.7 Å². The predicted octanol–water partition coefficient (Wildman–Crippen LogP) is 4.59. The number of pyridine rings is 1. The van der Waals surface area contributed by atoms with Crippen LogP contribution in [0.4, 0.5) is 5.82 Å². The maximum atomic E-state index is 13.6. The van der Waals surface area contributed by atoms with Gasteiger partial charge in [0.15, 0.2) is 0 Å².